The number of carbonyl (C=O) groups excluding carboxylic acids is 1. The molecular formula is C25H39ClN2O. The summed E-state index contributed by atoms with van der Waals surface area (Å²) < 4.78 is 0. The van der Waals surface area contributed by atoms with Gasteiger partial charge in [0, 0.05) is 24.8 Å². The van der Waals surface area contributed by atoms with Gasteiger partial charge in [0.2, 0.25) is 5.91 Å². The van der Waals surface area contributed by atoms with Gasteiger partial charge in [0.15, 0.2) is 0 Å². The maximum absolute atomic E-state index is 12.4. The standard InChI is InChI=1S/C25H38N2O.ClH/c28-24-21-25(27(24)23-15-11-8-12-16-23)17-19-26(20-18-25)22-13-9-6-4-2-1-3-5-7-10-14-22;/h8,11-12,15-16,22H,1-7,9-10,13-14,17-21H2;1H. The summed E-state index contributed by atoms with van der Waals surface area (Å²) in [5.74, 6) is 0.311. The third-order valence-corrected chi connectivity index (χ3v) is 7.54. The molecule has 0 aromatic heterocycles. The van der Waals surface area contributed by atoms with Crippen LogP contribution < -0.4 is 4.90 Å². The Morgan fingerprint density at radius 1 is 0.759 bits per heavy atom. The van der Waals surface area contributed by atoms with Crippen molar-refractivity contribution in [3.63, 3.8) is 0 Å². The van der Waals surface area contributed by atoms with Crippen molar-refractivity contribution < 1.29 is 4.79 Å². The average molecular weight is 419 g/mol. The van der Waals surface area contributed by atoms with Gasteiger partial charge in [0.05, 0.1) is 12.0 Å². The van der Waals surface area contributed by atoms with Crippen LogP contribution in [0.4, 0.5) is 5.69 Å². The average Bonchev–Trinajstić information content (AvgIpc) is 2.70. The van der Waals surface area contributed by atoms with Gasteiger partial charge in [0.1, 0.15) is 0 Å². The second kappa shape index (κ2) is 10.8. The molecule has 1 spiro atoms. The third-order valence-electron chi connectivity index (χ3n) is 7.54. The predicted molar refractivity (Wildman–Crippen MR) is 124 cm³/mol. The molecule has 4 rings (SSSR count). The van der Waals surface area contributed by atoms with Crippen LogP contribution in [0.2, 0.25) is 0 Å². The number of amides is 1. The van der Waals surface area contributed by atoms with Crippen molar-refractivity contribution in [2.75, 3.05) is 18.0 Å². The Morgan fingerprint density at radius 3 is 1.79 bits per heavy atom. The fourth-order valence-corrected chi connectivity index (χ4v) is 5.82. The lowest BCUT2D eigenvalue weighted by Gasteiger charge is -2.56. The minimum atomic E-state index is 0. The minimum Gasteiger partial charge on any atom is -0.306 e. The van der Waals surface area contributed by atoms with Crippen LogP contribution >= 0.6 is 12.4 Å². The molecule has 162 valence electrons. The molecule has 1 aromatic rings. The van der Waals surface area contributed by atoms with E-state index >= 15 is 0 Å². The summed E-state index contributed by atoms with van der Waals surface area (Å²) in [5, 5.41) is 0. The molecule has 1 aliphatic carbocycles. The zero-order valence-corrected chi connectivity index (χ0v) is 18.8. The quantitative estimate of drug-likeness (QED) is 0.522. The molecule has 3 nitrogen and oxygen atoms in total. The topological polar surface area (TPSA) is 23.6 Å². The molecule has 2 heterocycles. The number of halogens is 1. The first-order chi connectivity index (χ1) is 13.8. The highest BCUT2D eigenvalue weighted by molar-refractivity contribution is 6.02. The molecule has 3 fully saturated rings. The van der Waals surface area contributed by atoms with Crippen molar-refractivity contribution >= 4 is 24.0 Å². The van der Waals surface area contributed by atoms with E-state index in [9.17, 15) is 4.79 Å². The Hall–Kier alpha value is -1.06. The Labute approximate surface area is 183 Å². The SMILES string of the molecule is Cl.O=C1CC2(CCN(C3CCCCCCCCCCC3)CC2)N1c1ccccc1. The Balaban J connectivity index is 0.00000240. The molecule has 0 N–H and O–H groups in total. The number of likely N-dealkylation sites (tertiary alicyclic amines) is 1. The number of hydrogen-bond acceptors (Lipinski definition) is 2. The molecule has 29 heavy (non-hydrogen) atoms. The lowest BCUT2D eigenvalue weighted by Crippen LogP contribution is -2.68. The summed E-state index contributed by atoms with van der Waals surface area (Å²) in [4.78, 5) is 17.3. The Morgan fingerprint density at radius 2 is 1.28 bits per heavy atom. The Bertz CT molecular complexity index is 615. The number of anilines is 1. The van der Waals surface area contributed by atoms with E-state index in [0.717, 1.165) is 31.0 Å². The van der Waals surface area contributed by atoms with Gasteiger partial charge < -0.3 is 9.80 Å². The van der Waals surface area contributed by atoms with Crippen molar-refractivity contribution in [1.29, 1.82) is 0 Å². The first kappa shape index (κ1) is 22.6. The normalized spacial score (nSPS) is 24.8. The van der Waals surface area contributed by atoms with Gasteiger partial charge in [-0.3, -0.25) is 4.79 Å². The fraction of sp³-hybridized carbons (Fsp3) is 0.720. The second-order valence-electron chi connectivity index (χ2n) is 9.41. The van der Waals surface area contributed by atoms with Gasteiger partial charge in [-0.25, -0.2) is 0 Å². The first-order valence-electron chi connectivity index (χ1n) is 11.9. The molecule has 0 unspecified atom stereocenters. The monoisotopic (exact) mass is 418 g/mol. The van der Waals surface area contributed by atoms with Crippen molar-refractivity contribution in [1.82, 2.24) is 4.90 Å². The maximum atomic E-state index is 12.4. The van der Waals surface area contributed by atoms with Crippen LogP contribution in [0, 0.1) is 0 Å². The smallest absolute Gasteiger partial charge is 0.229 e. The Kier molecular flexibility index (Phi) is 8.44. The summed E-state index contributed by atoms with van der Waals surface area (Å²) in [6.45, 7) is 2.34. The van der Waals surface area contributed by atoms with Crippen LogP contribution in [0.15, 0.2) is 30.3 Å². The van der Waals surface area contributed by atoms with E-state index in [1.165, 1.54) is 83.7 Å². The van der Waals surface area contributed by atoms with Crippen LogP contribution in [-0.4, -0.2) is 35.5 Å². The lowest BCUT2D eigenvalue weighted by molar-refractivity contribution is -0.129. The highest BCUT2D eigenvalue weighted by Crippen LogP contribution is 2.44. The van der Waals surface area contributed by atoms with E-state index < -0.39 is 0 Å². The molecule has 0 radical (unpaired) electrons. The predicted octanol–water partition coefficient (Wildman–Crippen LogP) is 6.35. The summed E-state index contributed by atoms with van der Waals surface area (Å²) in [5.41, 5.74) is 1.19. The number of hydrogen-bond donors (Lipinski definition) is 0. The van der Waals surface area contributed by atoms with Crippen molar-refractivity contribution in [3.05, 3.63) is 30.3 Å². The molecule has 1 amide bonds. The number of benzene rings is 1. The van der Waals surface area contributed by atoms with Gasteiger partial charge in [-0.2, -0.15) is 0 Å². The second-order valence-corrected chi connectivity index (χ2v) is 9.41. The molecule has 0 bridgehead atoms. The lowest BCUT2D eigenvalue weighted by atomic mass is 9.75. The fourth-order valence-electron chi connectivity index (χ4n) is 5.82. The van der Waals surface area contributed by atoms with E-state index in [0.29, 0.717) is 5.91 Å². The van der Waals surface area contributed by atoms with Gasteiger partial charge >= 0.3 is 0 Å². The first-order valence-corrected chi connectivity index (χ1v) is 11.9. The maximum Gasteiger partial charge on any atom is 0.229 e. The highest BCUT2D eigenvalue weighted by atomic mass is 35.5. The molecule has 4 heteroatoms. The van der Waals surface area contributed by atoms with Crippen LogP contribution in [0.25, 0.3) is 0 Å². The molecular weight excluding hydrogens is 380 g/mol. The van der Waals surface area contributed by atoms with Gasteiger partial charge in [-0.1, -0.05) is 76.0 Å². The van der Waals surface area contributed by atoms with Crippen molar-refractivity contribution in [3.8, 4) is 0 Å². The van der Waals surface area contributed by atoms with Crippen LogP contribution in [0.3, 0.4) is 0 Å². The highest BCUT2D eigenvalue weighted by Gasteiger charge is 2.52. The molecule has 1 saturated carbocycles. The number of para-hydroxylation sites is 1. The van der Waals surface area contributed by atoms with Gasteiger partial charge in [-0.05, 0) is 37.8 Å². The number of carbonyl (C=O) groups is 1. The number of rotatable bonds is 2. The van der Waals surface area contributed by atoms with E-state index in [-0.39, 0.29) is 17.9 Å². The molecule has 2 saturated heterocycles. The van der Waals surface area contributed by atoms with Crippen LogP contribution in [0.5, 0.6) is 0 Å². The van der Waals surface area contributed by atoms with Crippen molar-refractivity contribution in [2.45, 2.75) is 101 Å². The zero-order chi connectivity index (χ0) is 19.2. The van der Waals surface area contributed by atoms with Gasteiger partial charge in [0.25, 0.3) is 0 Å². The summed E-state index contributed by atoms with van der Waals surface area (Å²) in [6.07, 6.45) is 18.7. The third kappa shape index (κ3) is 5.35. The minimum absolute atomic E-state index is 0. The van der Waals surface area contributed by atoms with E-state index in [1.807, 2.05) is 6.07 Å². The van der Waals surface area contributed by atoms with Crippen LogP contribution in [0.1, 0.15) is 89.9 Å². The number of β-lactam (4-membered cyclic amide) rings is 1. The molecule has 1 aromatic carbocycles. The van der Waals surface area contributed by atoms with E-state index in [2.05, 4.69) is 34.1 Å². The van der Waals surface area contributed by atoms with Crippen molar-refractivity contribution in [2.24, 2.45) is 0 Å². The zero-order valence-electron chi connectivity index (χ0n) is 18.0. The molecule has 0 atom stereocenters. The largest absolute Gasteiger partial charge is 0.306 e. The van der Waals surface area contributed by atoms with E-state index in [4.69, 9.17) is 0 Å². The molecule has 3 aliphatic rings. The molecule has 2 aliphatic heterocycles. The summed E-state index contributed by atoms with van der Waals surface area (Å²) in [7, 11) is 0. The summed E-state index contributed by atoms with van der Waals surface area (Å²) in [6, 6.07) is 11.1. The van der Waals surface area contributed by atoms with E-state index in [1.54, 1.807) is 0 Å². The van der Waals surface area contributed by atoms with Crippen LogP contribution in [-0.2, 0) is 4.79 Å². The summed E-state index contributed by atoms with van der Waals surface area (Å²) >= 11 is 0. The number of piperidine rings is 1. The van der Waals surface area contributed by atoms with Gasteiger partial charge in [-0.15, -0.1) is 12.4 Å². The number of nitrogens with zero attached hydrogens (tertiary/aromatic N) is 2.